The molecule has 1 N–H and O–H groups in total. The lowest BCUT2D eigenvalue weighted by Crippen LogP contribution is -1.93. The Morgan fingerprint density at radius 3 is 3.10 bits per heavy atom. The van der Waals surface area contributed by atoms with Crippen LogP contribution in [0.3, 0.4) is 0 Å². The van der Waals surface area contributed by atoms with Crippen molar-refractivity contribution in [3.8, 4) is 11.3 Å². The van der Waals surface area contributed by atoms with Gasteiger partial charge in [-0.15, -0.1) is 0 Å². The van der Waals surface area contributed by atoms with E-state index in [1.807, 2.05) is 35.4 Å². The minimum Gasteiger partial charge on any atom is -0.345 e. The fraction of sp³-hybridized carbons (Fsp3) is 0.200. The normalized spacial score (nSPS) is 15.0. The van der Waals surface area contributed by atoms with Gasteiger partial charge in [0.15, 0.2) is 5.65 Å². The van der Waals surface area contributed by atoms with Gasteiger partial charge in [0.2, 0.25) is 0 Å². The lowest BCUT2D eigenvalue weighted by molar-refractivity contribution is 0.941. The lowest BCUT2D eigenvalue weighted by atomic mass is 10.1. The lowest BCUT2D eigenvalue weighted by Gasteiger charge is -2.01. The largest absolute Gasteiger partial charge is 0.345 e. The smallest absolute Gasteiger partial charge is 0.159 e. The zero-order valence-corrected chi connectivity index (χ0v) is 11.2. The molecule has 0 saturated heterocycles. The van der Waals surface area contributed by atoms with Crippen LogP contribution in [0.25, 0.3) is 27.9 Å². The van der Waals surface area contributed by atoms with Crippen molar-refractivity contribution in [2.24, 2.45) is 0 Å². The molecule has 0 unspecified atom stereocenters. The van der Waals surface area contributed by atoms with Gasteiger partial charge in [0.05, 0.1) is 11.9 Å². The molecule has 6 heteroatoms. The molecular weight excluding hydrogens is 264 g/mol. The average molecular weight is 276 g/mol. The maximum Gasteiger partial charge on any atom is 0.159 e. The number of rotatable bonds is 2. The second-order valence-corrected chi connectivity index (χ2v) is 5.44. The van der Waals surface area contributed by atoms with Crippen LogP contribution in [0.1, 0.15) is 24.3 Å². The van der Waals surface area contributed by atoms with Gasteiger partial charge in [0.25, 0.3) is 0 Å². The van der Waals surface area contributed by atoms with Crippen molar-refractivity contribution < 1.29 is 0 Å². The molecule has 1 aliphatic carbocycles. The second-order valence-electron chi connectivity index (χ2n) is 5.44. The molecule has 0 amide bonds. The number of nitrogens with zero attached hydrogens (tertiary/aromatic N) is 5. The Labute approximate surface area is 119 Å². The van der Waals surface area contributed by atoms with Crippen molar-refractivity contribution in [1.29, 1.82) is 0 Å². The minimum atomic E-state index is 0.636. The molecule has 0 spiro atoms. The molecule has 0 radical (unpaired) electrons. The number of fused-ring (bicyclic) bond motifs is 2. The standard InChI is InChI=1S/C15H12N6/c1-2-9(1)10-7-19-21-4-3-13(20-15(10)21)11-6-17-14-12(11)5-16-8-18-14/h3-9H,1-2H2,(H,16,17,18). The molecule has 4 aromatic heterocycles. The molecule has 4 heterocycles. The van der Waals surface area contributed by atoms with Crippen molar-refractivity contribution in [1.82, 2.24) is 29.5 Å². The summed E-state index contributed by atoms with van der Waals surface area (Å²) in [6.07, 6.45) is 11.7. The van der Waals surface area contributed by atoms with Crippen LogP contribution in [0.4, 0.5) is 0 Å². The first-order chi connectivity index (χ1) is 10.4. The molecule has 0 aromatic carbocycles. The van der Waals surface area contributed by atoms with Gasteiger partial charge in [-0.3, -0.25) is 0 Å². The van der Waals surface area contributed by atoms with Gasteiger partial charge in [-0.05, 0) is 24.8 Å². The predicted molar refractivity (Wildman–Crippen MR) is 77.8 cm³/mol. The van der Waals surface area contributed by atoms with Crippen LogP contribution in [-0.4, -0.2) is 29.5 Å². The van der Waals surface area contributed by atoms with Gasteiger partial charge >= 0.3 is 0 Å². The van der Waals surface area contributed by atoms with Crippen molar-refractivity contribution in [3.05, 3.63) is 42.7 Å². The van der Waals surface area contributed by atoms with Gasteiger partial charge in [0.1, 0.15) is 12.0 Å². The van der Waals surface area contributed by atoms with Crippen LogP contribution in [0.15, 0.2) is 37.2 Å². The first kappa shape index (κ1) is 11.0. The van der Waals surface area contributed by atoms with Crippen molar-refractivity contribution in [3.63, 3.8) is 0 Å². The summed E-state index contributed by atoms with van der Waals surface area (Å²) in [6, 6.07) is 1.98. The van der Waals surface area contributed by atoms with Crippen LogP contribution in [-0.2, 0) is 0 Å². The van der Waals surface area contributed by atoms with E-state index in [1.165, 1.54) is 18.4 Å². The molecule has 0 bridgehead atoms. The molecule has 0 atom stereocenters. The topological polar surface area (TPSA) is 71.8 Å². The number of H-pyrrole nitrogens is 1. The van der Waals surface area contributed by atoms with Gasteiger partial charge in [-0.25, -0.2) is 19.5 Å². The summed E-state index contributed by atoms with van der Waals surface area (Å²) < 4.78 is 1.85. The average Bonchev–Trinajstić information content (AvgIpc) is 3.13. The summed E-state index contributed by atoms with van der Waals surface area (Å²) >= 11 is 0. The molecule has 1 saturated carbocycles. The summed E-state index contributed by atoms with van der Waals surface area (Å²) in [5, 5.41) is 5.37. The summed E-state index contributed by atoms with van der Waals surface area (Å²) in [6.45, 7) is 0. The van der Waals surface area contributed by atoms with E-state index in [-0.39, 0.29) is 0 Å². The molecular formula is C15H12N6. The predicted octanol–water partition coefficient (Wildman–Crippen LogP) is 2.54. The van der Waals surface area contributed by atoms with Crippen LogP contribution in [0, 0.1) is 0 Å². The third-order valence-corrected chi connectivity index (χ3v) is 4.05. The van der Waals surface area contributed by atoms with Crippen LogP contribution in [0.2, 0.25) is 0 Å². The Kier molecular flexibility index (Phi) is 2.02. The SMILES string of the molecule is c1ncc2c(-c3ccn4ncc(C5CC5)c4n3)c[nH]c2n1. The first-order valence-corrected chi connectivity index (χ1v) is 7.02. The maximum absolute atomic E-state index is 4.81. The van der Waals surface area contributed by atoms with E-state index in [0.29, 0.717) is 5.92 Å². The number of hydrogen-bond acceptors (Lipinski definition) is 4. The summed E-state index contributed by atoms with van der Waals surface area (Å²) in [5.41, 5.74) is 4.99. The fourth-order valence-electron chi connectivity index (χ4n) is 2.79. The van der Waals surface area contributed by atoms with Crippen molar-refractivity contribution >= 4 is 16.7 Å². The van der Waals surface area contributed by atoms with Crippen LogP contribution >= 0.6 is 0 Å². The van der Waals surface area contributed by atoms with E-state index in [2.05, 4.69) is 20.1 Å². The molecule has 0 aliphatic heterocycles. The summed E-state index contributed by atoms with van der Waals surface area (Å²) in [7, 11) is 0. The van der Waals surface area contributed by atoms with Crippen LogP contribution in [0.5, 0.6) is 0 Å². The first-order valence-electron chi connectivity index (χ1n) is 7.02. The number of aromatic nitrogens is 6. The van der Waals surface area contributed by atoms with Gasteiger partial charge in [-0.1, -0.05) is 0 Å². The Hall–Kier alpha value is -2.76. The minimum absolute atomic E-state index is 0.636. The molecule has 5 rings (SSSR count). The molecule has 1 fully saturated rings. The number of aromatic amines is 1. The Balaban J connectivity index is 1.75. The van der Waals surface area contributed by atoms with E-state index in [1.54, 1.807) is 6.33 Å². The zero-order valence-electron chi connectivity index (χ0n) is 11.2. The highest BCUT2D eigenvalue weighted by molar-refractivity contribution is 5.92. The number of hydrogen-bond donors (Lipinski definition) is 1. The second kappa shape index (κ2) is 3.88. The monoisotopic (exact) mass is 276 g/mol. The van der Waals surface area contributed by atoms with Gasteiger partial charge in [0, 0.05) is 35.1 Å². The third kappa shape index (κ3) is 1.59. The quantitative estimate of drug-likeness (QED) is 0.610. The molecule has 102 valence electrons. The highest BCUT2D eigenvalue weighted by Crippen LogP contribution is 2.41. The Bertz CT molecular complexity index is 963. The van der Waals surface area contributed by atoms with Crippen molar-refractivity contribution in [2.45, 2.75) is 18.8 Å². The third-order valence-electron chi connectivity index (χ3n) is 4.05. The van der Waals surface area contributed by atoms with E-state index in [9.17, 15) is 0 Å². The van der Waals surface area contributed by atoms with E-state index in [4.69, 9.17) is 4.98 Å². The van der Waals surface area contributed by atoms with E-state index >= 15 is 0 Å². The molecule has 6 nitrogen and oxygen atoms in total. The molecule has 1 aliphatic rings. The zero-order chi connectivity index (χ0) is 13.8. The number of nitrogens with one attached hydrogen (secondary N) is 1. The van der Waals surface area contributed by atoms with E-state index < -0.39 is 0 Å². The summed E-state index contributed by atoms with van der Waals surface area (Å²) in [4.78, 5) is 16.3. The highest BCUT2D eigenvalue weighted by Gasteiger charge is 2.27. The summed E-state index contributed by atoms with van der Waals surface area (Å²) in [5.74, 6) is 0.636. The Morgan fingerprint density at radius 2 is 2.19 bits per heavy atom. The molecule has 21 heavy (non-hydrogen) atoms. The van der Waals surface area contributed by atoms with Crippen LogP contribution < -0.4 is 0 Å². The highest BCUT2D eigenvalue weighted by atomic mass is 15.2. The fourth-order valence-corrected chi connectivity index (χ4v) is 2.79. The Morgan fingerprint density at radius 1 is 1.24 bits per heavy atom. The molecule has 4 aromatic rings. The van der Waals surface area contributed by atoms with Gasteiger partial charge in [-0.2, -0.15) is 5.10 Å². The van der Waals surface area contributed by atoms with Gasteiger partial charge < -0.3 is 4.98 Å². The maximum atomic E-state index is 4.81. The van der Waals surface area contributed by atoms with E-state index in [0.717, 1.165) is 27.9 Å². The van der Waals surface area contributed by atoms with Crippen molar-refractivity contribution in [2.75, 3.05) is 0 Å².